The number of rotatable bonds is 3. The predicted molar refractivity (Wildman–Crippen MR) is 69.8 cm³/mol. The monoisotopic (exact) mass is 252 g/mol. The quantitative estimate of drug-likeness (QED) is 0.901. The molecule has 3 rings (SSSR count). The molecule has 1 aliphatic rings. The highest BCUT2D eigenvalue weighted by Crippen LogP contribution is 2.28. The van der Waals surface area contributed by atoms with Crippen molar-refractivity contribution >= 4 is 5.82 Å². The molecule has 2 heterocycles. The fraction of sp³-hybridized carbons (Fsp3) is 0.214. The van der Waals surface area contributed by atoms with E-state index in [-0.39, 0.29) is 6.10 Å². The van der Waals surface area contributed by atoms with Crippen LogP contribution < -0.4 is 10.1 Å². The second-order valence-electron chi connectivity index (χ2n) is 4.35. The van der Waals surface area contributed by atoms with Gasteiger partial charge in [0.1, 0.15) is 23.7 Å². The van der Waals surface area contributed by atoms with Crippen LogP contribution in [0.25, 0.3) is 0 Å². The summed E-state index contributed by atoms with van der Waals surface area (Å²) in [6, 6.07) is 13.4. The molecule has 0 fully saturated rings. The maximum Gasteiger partial charge on any atom is 0.163 e. The molecule has 1 atom stereocenters. The van der Waals surface area contributed by atoms with Crippen molar-refractivity contribution < 1.29 is 4.74 Å². The summed E-state index contributed by atoms with van der Waals surface area (Å²) in [7, 11) is 0. The van der Waals surface area contributed by atoms with Crippen LogP contribution in [0.1, 0.15) is 11.3 Å². The number of benzene rings is 1. The van der Waals surface area contributed by atoms with Crippen LogP contribution in [-0.4, -0.2) is 22.8 Å². The number of nitriles is 1. The zero-order valence-electron chi connectivity index (χ0n) is 10.2. The Hall–Kier alpha value is -2.61. The number of para-hydroxylation sites is 1. The minimum atomic E-state index is 0.106. The Kier molecular flexibility index (Phi) is 2.99. The van der Waals surface area contributed by atoms with Crippen molar-refractivity contribution in [3.05, 3.63) is 47.7 Å². The third-order valence-electron chi connectivity index (χ3n) is 3.00. The van der Waals surface area contributed by atoms with Crippen molar-refractivity contribution in [3.63, 3.8) is 0 Å². The van der Waals surface area contributed by atoms with Crippen LogP contribution in [0, 0.1) is 11.3 Å². The summed E-state index contributed by atoms with van der Waals surface area (Å²) in [5.41, 5.74) is 1.55. The molecule has 0 radical (unpaired) electrons. The summed E-state index contributed by atoms with van der Waals surface area (Å²) in [4.78, 5) is 0. The predicted octanol–water partition coefficient (Wildman–Crippen LogP) is 1.76. The van der Waals surface area contributed by atoms with E-state index in [9.17, 15) is 0 Å². The zero-order chi connectivity index (χ0) is 13.1. The first-order chi connectivity index (χ1) is 9.35. The molecule has 5 nitrogen and oxygen atoms in total. The molecule has 0 aliphatic carbocycles. The van der Waals surface area contributed by atoms with E-state index in [1.807, 2.05) is 24.3 Å². The zero-order valence-corrected chi connectivity index (χ0v) is 10.2. The van der Waals surface area contributed by atoms with Gasteiger partial charge in [-0.3, -0.25) is 0 Å². The highest BCUT2D eigenvalue weighted by atomic mass is 16.5. The smallest absolute Gasteiger partial charge is 0.163 e. The van der Waals surface area contributed by atoms with Gasteiger partial charge in [0.25, 0.3) is 0 Å². The lowest BCUT2D eigenvalue weighted by Gasteiger charge is -2.11. The van der Waals surface area contributed by atoms with Crippen molar-refractivity contribution in [1.29, 1.82) is 5.26 Å². The fourth-order valence-corrected chi connectivity index (χ4v) is 2.07. The number of fused-ring (bicyclic) bond motifs is 1. The first-order valence-corrected chi connectivity index (χ1v) is 6.07. The third-order valence-corrected chi connectivity index (χ3v) is 3.00. The van der Waals surface area contributed by atoms with Crippen LogP contribution in [0.5, 0.6) is 5.75 Å². The molecule has 2 aromatic rings. The van der Waals surface area contributed by atoms with Gasteiger partial charge in [-0.2, -0.15) is 5.26 Å². The molecule has 0 saturated carbocycles. The molecule has 0 amide bonds. The molecule has 0 saturated heterocycles. The van der Waals surface area contributed by atoms with Crippen LogP contribution in [-0.2, 0) is 6.42 Å². The average molecular weight is 252 g/mol. The number of hydrogen-bond donors (Lipinski definition) is 1. The Morgan fingerprint density at radius 1 is 1.26 bits per heavy atom. The third kappa shape index (κ3) is 2.47. The van der Waals surface area contributed by atoms with Gasteiger partial charge in [-0.05, 0) is 23.8 Å². The van der Waals surface area contributed by atoms with Gasteiger partial charge < -0.3 is 10.1 Å². The Morgan fingerprint density at radius 3 is 2.89 bits per heavy atom. The molecule has 5 heteroatoms. The topological polar surface area (TPSA) is 70.8 Å². The molecule has 1 unspecified atom stereocenters. The van der Waals surface area contributed by atoms with Gasteiger partial charge in [0.15, 0.2) is 5.69 Å². The Bertz CT molecular complexity index is 593. The lowest BCUT2D eigenvalue weighted by Crippen LogP contribution is -2.24. The van der Waals surface area contributed by atoms with Crippen LogP contribution in [0.15, 0.2) is 36.4 Å². The van der Waals surface area contributed by atoms with E-state index in [0.29, 0.717) is 18.1 Å². The molecule has 0 bridgehead atoms. The summed E-state index contributed by atoms with van der Waals surface area (Å²) in [6.45, 7) is 0.662. The van der Waals surface area contributed by atoms with Crippen LogP contribution in [0.4, 0.5) is 5.82 Å². The average Bonchev–Trinajstić information content (AvgIpc) is 2.88. The summed E-state index contributed by atoms with van der Waals surface area (Å²) in [6.07, 6.45) is 1.00. The Labute approximate surface area is 110 Å². The molecule has 19 heavy (non-hydrogen) atoms. The van der Waals surface area contributed by atoms with E-state index in [2.05, 4.69) is 21.6 Å². The first-order valence-electron chi connectivity index (χ1n) is 6.07. The summed E-state index contributed by atoms with van der Waals surface area (Å²) in [5, 5.41) is 19.5. The molecule has 94 valence electrons. The van der Waals surface area contributed by atoms with Gasteiger partial charge in [0.2, 0.25) is 0 Å². The van der Waals surface area contributed by atoms with E-state index < -0.39 is 0 Å². The normalized spacial score (nSPS) is 16.3. The minimum Gasteiger partial charge on any atom is -0.488 e. The molecule has 1 aliphatic heterocycles. The number of ether oxygens (including phenoxy) is 1. The van der Waals surface area contributed by atoms with Crippen molar-refractivity contribution in [1.82, 2.24) is 10.2 Å². The van der Waals surface area contributed by atoms with Crippen LogP contribution >= 0.6 is 0 Å². The number of nitrogens with one attached hydrogen (secondary N) is 1. The molecule has 1 aromatic heterocycles. The van der Waals surface area contributed by atoms with Gasteiger partial charge >= 0.3 is 0 Å². The van der Waals surface area contributed by atoms with Crippen LogP contribution in [0.2, 0.25) is 0 Å². The van der Waals surface area contributed by atoms with E-state index in [0.717, 1.165) is 12.2 Å². The van der Waals surface area contributed by atoms with Crippen LogP contribution in [0.3, 0.4) is 0 Å². The van der Waals surface area contributed by atoms with E-state index >= 15 is 0 Å². The Morgan fingerprint density at radius 2 is 2.16 bits per heavy atom. The number of nitrogens with zero attached hydrogens (tertiary/aromatic N) is 3. The maximum absolute atomic E-state index is 8.64. The lowest BCUT2D eigenvalue weighted by molar-refractivity contribution is 0.246. The minimum absolute atomic E-state index is 0.106. The van der Waals surface area contributed by atoms with Crippen molar-refractivity contribution in [2.75, 3.05) is 11.9 Å². The van der Waals surface area contributed by atoms with Gasteiger partial charge in [-0.15, -0.1) is 10.2 Å². The lowest BCUT2D eigenvalue weighted by atomic mass is 10.1. The Balaban J connectivity index is 1.58. The van der Waals surface area contributed by atoms with E-state index in [1.165, 1.54) is 5.56 Å². The number of aromatic nitrogens is 2. The summed E-state index contributed by atoms with van der Waals surface area (Å²) in [5.74, 6) is 1.61. The summed E-state index contributed by atoms with van der Waals surface area (Å²) < 4.78 is 5.81. The van der Waals surface area contributed by atoms with Gasteiger partial charge in [0.05, 0.1) is 6.54 Å². The van der Waals surface area contributed by atoms with Crippen molar-refractivity contribution in [2.24, 2.45) is 0 Å². The molecule has 1 N–H and O–H groups in total. The largest absolute Gasteiger partial charge is 0.488 e. The van der Waals surface area contributed by atoms with E-state index in [1.54, 1.807) is 12.1 Å². The maximum atomic E-state index is 8.64. The number of hydrogen-bond acceptors (Lipinski definition) is 5. The van der Waals surface area contributed by atoms with Gasteiger partial charge in [-0.25, -0.2) is 0 Å². The molecule has 1 aromatic carbocycles. The van der Waals surface area contributed by atoms with E-state index in [4.69, 9.17) is 10.00 Å². The second kappa shape index (κ2) is 4.94. The highest BCUT2D eigenvalue weighted by Gasteiger charge is 2.21. The van der Waals surface area contributed by atoms with Crippen molar-refractivity contribution in [2.45, 2.75) is 12.5 Å². The number of anilines is 1. The molecule has 0 spiro atoms. The SMILES string of the molecule is N#Cc1ccc(NCC2Cc3ccccc3O2)nn1. The van der Waals surface area contributed by atoms with Crippen molar-refractivity contribution in [3.8, 4) is 11.8 Å². The summed E-state index contributed by atoms with van der Waals surface area (Å²) >= 11 is 0. The standard InChI is InChI=1S/C14H12N4O/c15-8-11-5-6-14(18-17-11)16-9-12-7-10-3-1-2-4-13(10)19-12/h1-6,12H,7,9H2,(H,16,18). The highest BCUT2D eigenvalue weighted by molar-refractivity contribution is 5.39. The second-order valence-corrected chi connectivity index (χ2v) is 4.35. The molecular weight excluding hydrogens is 240 g/mol. The molecular formula is C14H12N4O. The van der Waals surface area contributed by atoms with Gasteiger partial charge in [-0.1, -0.05) is 18.2 Å². The fourth-order valence-electron chi connectivity index (χ4n) is 2.07. The first kappa shape index (κ1) is 11.5. The van der Waals surface area contributed by atoms with Gasteiger partial charge in [0, 0.05) is 6.42 Å².